The topological polar surface area (TPSA) is 49.5 Å². The second-order valence-corrected chi connectivity index (χ2v) is 3.00. The van der Waals surface area contributed by atoms with E-state index in [1.165, 1.54) is 0 Å². The summed E-state index contributed by atoms with van der Waals surface area (Å²) >= 11 is 0. The fourth-order valence-corrected chi connectivity index (χ4v) is 0.990. The number of halogens is 3. The number of hydrogen-bond donors (Lipinski definition) is 2. The Morgan fingerprint density at radius 1 is 1.43 bits per heavy atom. The lowest BCUT2D eigenvalue weighted by atomic mass is 10.3. The zero-order valence-electron chi connectivity index (χ0n) is 7.85. The highest BCUT2D eigenvalue weighted by atomic mass is 19.4. The molecule has 3 N–H and O–H groups in total. The van der Waals surface area contributed by atoms with Gasteiger partial charge in [-0.1, -0.05) is 6.58 Å². The van der Waals surface area contributed by atoms with E-state index in [1.807, 2.05) is 0 Å². The number of alkyl halides is 3. The maximum absolute atomic E-state index is 12.0. The fraction of sp³-hybridized carbons (Fsp3) is 0.750. The number of nitrogens with two attached hydrogens (primary N) is 1. The maximum Gasteiger partial charge on any atom is 0.401 e. The summed E-state index contributed by atoms with van der Waals surface area (Å²) in [5.74, 6) is 0. The molecule has 0 saturated heterocycles. The first-order valence-corrected chi connectivity index (χ1v) is 4.15. The van der Waals surface area contributed by atoms with Gasteiger partial charge in [0.1, 0.15) is 0 Å². The van der Waals surface area contributed by atoms with Gasteiger partial charge >= 0.3 is 6.18 Å². The third kappa shape index (κ3) is 6.88. The van der Waals surface area contributed by atoms with Crippen molar-refractivity contribution >= 4 is 0 Å². The van der Waals surface area contributed by atoms with E-state index in [-0.39, 0.29) is 26.2 Å². The molecule has 0 bridgehead atoms. The molecule has 6 heteroatoms. The Balaban J connectivity index is 4.08. The summed E-state index contributed by atoms with van der Waals surface area (Å²) in [5, 5.41) is 8.55. The van der Waals surface area contributed by atoms with Crippen LogP contribution in [-0.2, 0) is 0 Å². The number of hydrogen-bond acceptors (Lipinski definition) is 3. The summed E-state index contributed by atoms with van der Waals surface area (Å²) in [4.78, 5) is 1.06. The van der Waals surface area contributed by atoms with Crippen LogP contribution in [0.2, 0.25) is 0 Å². The summed E-state index contributed by atoms with van der Waals surface area (Å²) in [6.07, 6.45) is -4.26. The molecule has 14 heavy (non-hydrogen) atoms. The lowest BCUT2D eigenvalue weighted by Gasteiger charge is -2.23. The molecule has 0 aliphatic carbocycles. The van der Waals surface area contributed by atoms with Gasteiger partial charge in [-0.3, -0.25) is 4.90 Å². The van der Waals surface area contributed by atoms with Crippen molar-refractivity contribution in [1.29, 1.82) is 0 Å². The molecular formula is C8H15F3N2O. The maximum atomic E-state index is 12.0. The molecule has 84 valence electrons. The van der Waals surface area contributed by atoms with Gasteiger partial charge in [0.25, 0.3) is 0 Å². The Morgan fingerprint density at radius 3 is 2.36 bits per heavy atom. The Morgan fingerprint density at radius 2 is 2.00 bits per heavy atom. The monoisotopic (exact) mass is 212 g/mol. The van der Waals surface area contributed by atoms with E-state index in [0.717, 1.165) is 4.90 Å². The summed E-state index contributed by atoms with van der Waals surface area (Å²) in [5.41, 5.74) is 5.73. The summed E-state index contributed by atoms with van der Waals surface area (Å²) < 4.78 is 36.0. The van der Waals surface area contributed by atoms with Crippen molar-refractivity contribution in [3.8, 4) is 0 Å². The zero-order valence-corrected chi connectivity index (χ0v) is 7.85. The van der Waals surface area contributed by atoms with Crippen molar-refractivity contribution < 1.29 is 18.3 Å². The van der Waals surface area contributed by atoms with Crippen LogP contribution >= 0.6 is 0 Å². The molecule has 0 radical (unpaired) electrons. The van der Waals surface area contributed by atoms with Gasteiger partial charge in [-0.05, 0) is 5.57 Å². The van der Waals surface area contributed by atoms with E-state index in [2.05, 4.69) is 6.58 Å². The summed E-state index contributed by atoms with van der Waals surface area (Å²) in [6, 6.07) is 0. The number of rotatable bonds is 6. The van der Waals surface area contributed by atoms with Crippen molar-refractivity contribution in [2.45, 2.75) is 6.18 Å². The van der Waals surface area contributed by atoms with Crippen molar-refractivity contribution in [3.05, 3.63) is 12.2 Å². The van der Waals surface area contributed by atoms with Crippen LogP contribution in [0.15, 0.2) is 12.2 Å². The molecule has 0 saturated carbocycles. The van der Waals surface area contributed by atoms with E-state index < -0.39 is 12.7 Å². The van der Waals surface area contributed by atoms with Crippen LogP contribution < -0.4 is 5.73 Å². The quantitative estimate of drug-likeness (QED) is 0.625. The van der Waals surface area contributed by atoms with Gasteiger partial charge in [0.05, 0.1) is 13.2 Å². The molecule has 0 atom stereocenters. The molecular weight excluding hydrogens is 197 g/mol. The zero-order chi connectivity index (χ0) is 11.2. The Hall–Kier alpha value is -0.590. The minimum atomic E-state index is -4.26. The van der Waals surface area contributed by atoms with E-state index >= 15 is 0 Å². The number of aliphatic hydroxyl groups is 1. The average molecular weight is 212 g/mol. The van der Waals surface area contributed by atoms with E-state index in [9.17, 15) is 13.2 Å². The molecule has 0 aromatic carbocycles. The van der Waals surface area contributed by atoms with Gasteiger partial charge in [0.2, 0.25) is 0 Å². The first-order chi connectivity index (χ1) is 6.39. The number of nitrogens with zero attached hydrogens (tertiary/aromatic N) is 1. The largest absolute Gasteiger partial charge is 0.401 e. The van der Waals surface area contributed by atoms with Crippen LogP contribution in [0.4, 0.5) is 13.2 Å². The minimum Gasteiger partial charge on any atom is -0.395 e. The highest BCUT2D eigenvalue weighted by Gasteiger charge is 2.30. The van der Waals surface area contributed by atoms with Crippen LogP contribution in [0, 0.1) is 0 Å². The van der Waals surface area contributed by atoms with Crippen LogP contribution in [-0.4, -0.2) is 49.0 Å². The molecule has 0 unspecified atom stereocenters. The first kappa shape index (κ1) is 13.4. The molecule has 0 aliphatic heterocycles. The van der Waals surface area contributed by atoms with Gasteiger partial charge in [-0.2, -0.15) is 13.2 Å². The molecule has 0 amide bonds. The van der Waals surface area contributed by atoms with Gasteiger partial charge in [-0.15, -0.1) is 0 Å². The normalized spacial score (nSPS) is 12.1. The van der Waals surface area contributed by atoms with Crippen molar-refractivity contribution in [3.63, 3.8) is 0 Å². The summed E-state index contributed by atoms with van der Waals surface area (Å²) in [6.45, 7) is 2.34. The van der Waals surface area contributed by atoms with Crippen molar-refractivity contribution in [1.82, 2.24) is 4.90 Å². The van der Waals surface area contributed by atoms with Gasteiger partial charge in [-0.25, -0.2) is 0 Å². The van der Waals surface area contributed by atoms with Gasteiger partial charge in [0, 0.05) is 19.6 Å². The first-order valence-electron chi connectivity index (χ1n) is 4.15. The third-order valence-corrected chi connectivity index (χ3v) is 1.56. The van der Waals surface area contributed by atoms with Crippen LogP contribution in [0.1, 0.15) is 0 Å². The van der Waals surface area contributed by atoms with Crippen molar-refractivity contribution in [2.24, 2.45) is 5.73 Å². The molecule has 0 aliphatic rings. The molecule has 3 nitrogen and oxygen atoms in total. The van der Waals surface area contributed by atoms with E-state index in [4.69, 9.17) is 10.8 Å². The smallest absolute Gasteiger partial charge is 0.395 e. The van der Waals surface area contributed by atoms with E-state index in [1.54, 1.807) is 0 Å². The van der Waals surface area contributed by atoms with Gasteiger partial charge < -0.3 is 10.8 Å². The highest BCUT2D eigenvalue weighted by Crippen LogP contribution is 2.16. The molecule has 0 spiro atoms. The molecule has 0 aromatic rings. The van der Waals surface area contributed by atoms with Crippen molar-refractivity contribution in [2.75, 3.05) is 32.8 Å². The molecule has 0 fully saturated rings. The van der Waals surface area contributed by atoms with Gasteiger partial charge in [0.15, 0.2) is 0 Å². The minimum absolute atomic E-state index is 0.0292. The molecule has 0 rings (SSSR count). The SMILES string of the molecule is C=C(CN)CN(CCO)CC(F)(F)F. The number of aliphatic hydroxyl groups excluding tert-OH is 1. The Bertz CT molecular complexity index is 182. The Kier molecular flexibility index (Phi) is 5.75. The second-order valence-electron chi connectivity index (χ2n) is 3.00. The predicted octanol–water partition coefficient (Wildman–Crippen LogP) is 0.358. The standard InChI is InChI=1S/C8H15F3N2O/c1-7(4-12)5-13(2-3-14)6-8(9,10)11/h14H,1-6,12H2. The van der Waals surface area contributed by atoms with Crippen LogP contribution in [0.25, 0.3) is 0 Å². The lowest BCUT2D eigenvalue weighted by Crippen LogP contribution is -2.38. The van der Waals surface area contributed by atoms with Crippen LogP contribution in [0.5, 0.6) is 0 Å². The fourth-order valence-electron chi connectivity index (χ4n) is 0.990. The molecule has 0 heterocycles. The summed E-state index contributed by atoms with van der Waals surface area (Å²) in [7, 11) is 0. The molecule has 0 aromatic heterocycles. The predicted molar refractivity (Wildman–Crippen MR) is 47.8 cm³/mol. The lowest BCUT2D eigenvalue weighted by molar-refractivity contribution is -0.145. The third-order valence-electron chi connectivity index (χ3n) is 1.56. The van der Waals surface area contributed by atoms with Crippen LogP contribution in [0.3, 0.4) is 0 Å². The highest BCUT2D eigenvalue weighted by molar-refractivity contribution is 4.98. The Labute approximate surface area is 81.0 Å². The second kappa shape index (κ2) is 6.00. The average Bonchev–Trinajstić information content (AvgIpc) is 2.01. The van der Waals surface area contributed by atoms with E-state index in [0.29, 0.717) is 5.57 Å².